The van der Waals surface area contributed by atoms with Gasteiger partial charge in [-0.3, -0.25) is 0 Å². The molecule has 2 fully saturated rings. The molecule has 2 nitrogen and oxygen atoms in total. The maximum absolute atomic E-state index is 14.2. The van der Waals surface area contributed by atoms with Crippen LogP contribution in [0.2, 0.25) is 0 Å². The smallest absolute Gasteiger partial charge is 0.129 e. The van der Waals surface area contributed by atoms with Crippen molar-refractivity contribution in [1.82, 2.24) is 5.32 Å². The van der Waals surface area contributed by atoms with Gasteiger partial charge in [0.25, 0.3) is 0 Å². The first kappa shape index (κ1) is 14.8. The van der Waals surface area contributed by atoms with Gasteiger partial charge in [-0.15, -0.1) is 0 Å². The van der Waals surface area contributed by atoms with E-state index in [-0.39, 0.29) is 5.82 Å². The molecule has 21 heavy (non-hydrogen) atoms. The summed E-state index contributed by atoms with van der Waals surface area (Å²) in [6, 6.07) is 6.14. The minimum absolute atomic E-state index is 0.0633. The summed E-state index contributed by atoms with van der Waals surface area (Å²) in [5, 5.41) is 3.45. The van der Waals surface area contributed by atoms with Crippen LogP contribution in [0.4, 0.5) is 10.1 Å². The molecule has 1 aliphatic carbocycles. The molecule has 1 heterocycles. The van der Waals surface area contributed by atoms with E-state index in [1.165, 1.54) is 25.7 Å². The molecule has 0 bridgehead atoms. The Labute approximate surface area is 127 Å². The van der Waals surface area contributed by atoms with Gasteiger partial charge >= 0.3 is 0 Å². The number of anilines is 1. The van der Waals surface area contributed by atoms with Crippen LogP contribution in [0.25, 0.3) is 0 Å². The number of nitrogens with zero attached hydrogens (tertiary/aromatic N) is 1. The molecule has 0 aromatic heterocycles. The molecule has 3 rings (SSSR count). The number of rotatable bonds is 5. The van der Waals surface area contributed by atoms with Crippen molar-refractivity contribution in [3.63, 3.8) is 0 Å². The number of hydrogen-bond donors (Lipinski definition) is 1. The second-order valence-electron chi connectivity index (χ2n) is 6.96. The highest BCUT2D eigenvalue weighted by atomic mass is 19.1. The lowest BCUT2D eigenvalue weighted by molar-refractivity contribution is 0.311. The summed E-state index contributed by atoms with van der Waals surface area (Å²) in [7, 11) is 0. The molecule has 1 aromatic carbocycles. The van der Waals surface area contributed by atoms with Gasteiger partial charge in [-0.25, -0.2) is 4.39 Å². The van der Waals surface area contributed by atoms with Crippen LogP contribution in [0, 0.1) is 17.7 Å². The number of hydrogen-bond acceptors (Lipinski definition) is 2. The van der Waals surface area contributed by atoms with Crippen molar-refractivity contribution in [3.8, 4) is 0 Å². The van der Waals surface area contributed by atoms with E-state index < -0.39 is 0 Å². The van der Waals surface area contributed by atoms with E-state index in [9.17, 15) is 4.39 Å². The van der Waals surface area contributed by atoms with Gasteiger partial charge in [0.2, 0.25) is 0 Å². The second-order valence-corrected chi connectivity index (χ2v) is 6.96. The summed E-state index contributed by atoms with van der Waals surface area (Å²) < 4.78 is 14.2. The summed E-state index contributed by atoms with van der Waals surface area (Å²) in [4.78, 5) is 2.38. The topological polar surface area (TPSA) is 15.3 Å². The Morgan fingerprint density at radius 3 is 2.52 bits per heavy atom. The van der Waals surface area contributed by atoms with E-state index in [0.29, 0.717) is 12.6 Å². The van der Waals surface area contributed by atoms with Crippen LogP contribution >= 0.6 is 0 Å². The summed E-state index contributed by atoms with van der Waals surface area (Å²) in [6.07, 6.45) is 4.93. The number of halogens is 1. The molecular formula is C18H27FN2. The minimum atomic E-state index is -0.0633. The molecule has 0 radical (unpaired) electrons. The van der Waals surface area contributed by atoms with Gasteiger partial charge in [0.15, 0.2) is 0 Å². The molecule has 0 atom stereocenters. The summed E-state index contributed by atoms with van der Waals surface area (Å²) >= 11 is 0. The summed E-state index contributed by atoms with van der Waals surface area (Å²) in [5.41, 5.74) is 1.96. The molecule has 2 aliphatic rings. The molecule has 116 valence electrons. The Kier molecular flexibility index (Phi) is 4.48. The van der Waals surface area contributed by atoms with E-state index in [2.05, 4.69) is 30.1 Å². The van der Waals surface area contributed by atoms with Crippen molar-refractivity contribution in [2.75, 3.05) is 18.0 Å². The molecular weight excluding hydrogens is 263 g/mol. The van der Waals surface area contributed by atoms with Crippen molar-refractivity contribution in [2.24, 2.45) is 11.8 Å². The second kappa shape index (κ2) is 6.35. The normalized spacial score (nSPS) is 20.3. The average Bonchev–Trinajstić information content (AvgIpc) is 3.30. The highest BCUT2D eigenvalue weighted by Gasteiger charge is 2.25. The van der Waals surface area contributed by atoms with Gasteiger partial charge < -0.3 is 10.2 Å². The van der Waals surface area contributed by atoms with Gasteiger partial charge in [-0.1, -0.05) is 19.9 Å². The highest BCUT2D eigenvalue weighted by molar-refractivity contribution is 5.54. The number of nitrogens with one attached hydrogen (secondary N) is 1. The minimum Gasteiger partial charge on any atom is -0.371 e. The lowest BCUT2D eigenvalue weighted by Gasteiger charge is -2.36. The van der Waals surface area contributed by atoms with Gasteiger partial charge in [-0.05, 0) is 49.7 Å². The Morgan fingerprint density at radius 1 is 1.19 bits per heavy atom. The molecule has 1 saturated carbocycles. The SMILES string of the molecule is CC(C)C1CCN(c2cccc(F)c2CNC2CC2)CC1. The third kappa shape index (κ3) is 3.57. The van der Waals surface area contributed by atoms with Gasteiger partial charge in [0, 0.05) is 36.9 Å². The Hall–Kier alpha value is -1.09. The highest BCUT2D eigenvalue weighted by Crippen LogP contribution is 2.31. The lowest BCUT2D eigenvalue weighted by atomic mass is 9.86. The summed E-state index contributed by atoms with van der Waals surface area (Å²) in [5.74, 6) is 1.52. The van der Waals surface area contributed by atoms with Gasteiger partial charge in [0.1, 0.15) is 5.82 Å². The van der Waals surface area contributed by atoms with Crippen molar-refractivity contribution in [2.45, 2.75) is 52.1 Å². The van der Waals surface area contributed by atoms with Crippen molar-refractivity contribution >= 4 is 5.69 Å². The number of benzene rings is 1. The molecule has 0 unspecified atom stereocenters. The predicted octanol–water partition coefficient (Wildman–Crippen LogP) is 3.95. The fourth-order valence-corrected chi connectivity index (χ4v) is 3.36. The molecule has 1 saturated heterocycles. The van der Waals surface area contributed by atoms with E-state index in [4.69, 9.17) is 0 Å². The lowest BCUT2D eigenvalue weighted by Crippen LogP contribution is -2.36. The first-order valence-corrected chi connectivity index (χ1v) is 8.41. The largest absolute Gasteiger partial charge is 0.371 e. The van der Waals surface area contributed by atoms with Crippen molar-refractivity contribution in [3.05, 3.63) is 29.6 Å². The first-order valence-electron chi connectivity index (χ1n) is 8.41. The van der Waals surface area contributed by atoms with Crippen LogP contribution in [0.1, 0.15) is 45.1 Å². The monoisotopic (exact) mass is 290 g/mol. The molecule has 1 aliphatic heterocycles. The van der Waals surface area contributed by atoms with Crippen LogP contribution in [0.5, 0.6) is 0 Å². The van der Waals surface area contributed by atoms with Crippen LogP contribution in [-0.4, -0.2) is 19.1 Å². The zero-order valence-corrected chi connectivity index (χ0v) is 13.2. The third-order valence-electron chi connectivity index (χ3n) is 5.06. The third-order valence-corrected chi connectivity index (χ3v) is 5.06. The fraction of sp³-hybridized carbons (Fsp3) is 0.667. The van der Waals surface area contributed by atoms with Gasteiger partial charge in [-0.2, -0.15) is 0 Å². The Bertz CT molecular complexity index is 474. The van der Waals surface area contributed by atoms with Crippen LogP contribution < -0.4 is 10.2 Å². The predicted molar refractivity (Wildman–Crippen MR) is 86.0 cm³/mol. The zero-order chi connectivity index (χ0) is 14.8. The van der Waals surface area contributed by atoms with Crippen LogP contribution in [0.15, 0.2) is 18.2 Å². The molecule has 0 amide bonds. The Balaban J connectivity index is 1.70. The maximum Gasteiger partial charge on any atom is 0.129 e. The maximum atomic E-state index is 14.2. The van der Waals surface area contributed by atoms with E-state index in [1.54, 1.807) is 6.07 Å². The van der Waals surface area contributed by atoms with E-state index >= 15 is 0 Å². The average molecular weight is 290 g/mol. The molecule has 1 aromatic rings. The molecule has 1 N–H and O–H groups in total. The molecule has 0 spiro atoms. The molecule has 3 heteroatoms. The van der Waals surface area contributed by atoms with Gasteiger partial charge in [0.05, 0.1) is 0 Å². The fourth-order valence-electron chi connectivity index (χ4n) is 3.36. The van der Waals surface area contributed by atoms with E-state index in [0.717, 1.165) is 36.2 Å². The summed E-state index contributed by atoms with van der Waals surface area (Å²) in [6.45, 7) is 7.41. The quantitative estimate of drug-likeness (QED) is 0.883. The number of piperidine rings is 1. The van der Waals surface area contributed by atoms with E-state index in [1.807, 2.05) is 6.07 Å². The van der Waals surface area contributed by atoms with Crippen molar-refractivity contribution in [1.29, 1.82) is 0 Å². The zero-order valence-electron chi connectivity index (χ0n) is 13.2. The van der Waals surface area contributed by atoms with Crippen LogP contribution in [-0.2, 0) is 6.54 Å². The van der Waals surface area contributed by atoms with Crippen molar-refractivity contribution < 1.29 is 4.39 Å². The standard InChI is InChI=1S/C18H27FN2/c1-13(2)14-8-10-21(11-9-14)18-5-3-4-17(19)16(18)12-20-15-6-7-15/h3-5,13-15,20H,6-12H2,1-2H3. The Morgan fingerprint density at radius 2 is 1.90 bits per heavy atom. The first-order chi connectivity index (χ1) is 10.1. The van der Waals surface area contributed by atoms with Crippen LogP contribution in [0.3, 0.4) is 0 Å².